The van der Waals surface area contributed by atoms with E-state index in [1.807, 2.05) is 44.2 Å². The molecule has 0 aliphatic rings. The van der Waals surface area contributed by atoms with Gasteiger partial charge in [0.1, 0.15) is 0 Å². The second-order valence-corrected chi connectivity index (χ2v) is 6.99. The molecule has 150 valence electrons. The average Bonchev–Trinajstić information content (AvgIpc) is 3.23. The molecule has 0 spiro atoms. The second kappa shape index (κ2) is 8.12. The third-order valence-corrected chi connectivity index (χ3v) is 4.54. The largest absolute Gasteiger partial charge is 0.292 e. The zero-order valence-corrected chi connectivity index (χ0v) is 16.6. The maximum Gasteiger partial charge on any atom is 0.292 e. The molecule has 0 bridgehead atoms. The van der Waals surface area contributed by atoms with Crippen LogP contribution in [0.1, 0.15) is 35.9 Å². The van der Waals surface area contributed by atoms with E-state index in [0.717, 1.165) is 11.3 Å². The van der Waals surface area contributed by atoms with Crippen LogP contribution in [-0.2, 0) is 0 Å². The van der Waals surface area contributed by atoms with E-state index in [0.29, 0.717) is 10.8 Å². The van der Waals surface area contributed by atoms with Crippen LogP contribution in [0, 0.1) is 0 Å². The summed E-state index contributed by atoms with van der Waals surface area (Å²) in [6.07, 6.45) is 4.96. The topological polar surface area (TPSA) is 94.2 Å². The van der Waals surface area contributed by atoms with Crippen molar-refractivity contribution >= 4 is 22.9 Å². The van der Waals surface area contributed by atoms with Gasteiger partial charge in [0.05, 0.1) is 29.5 Å². The molecule has 0 radical (unpaired) electrons. The molecule has 0 unspecified atom stereocenters. The molecule has 8 nitrogen and oxygen atoms in total. The van der Waals surface area contributed by atoms with Crippen molar-refractivity contribution in [3.05, 3.63) is 88.6 Å². The molecule has 1 N–H and O–H groups in total. The summed E-state index contributed by atoms with van der Waals surface area (Å²) in [6.45, 7) is 3.68. The monoisotopic (exact) mass is 400 g/mol. The fraction of sp³-hybridized carbons (Fsp3) is 0.136. The standard InChI is InChI=1S/C22H20N6O2/c1-15(2)28-22(30)19-11-7-6-10-18(19)20(26-28)21(29)25-23-12-16-13-24-27(14-16)17-8-4-3-5-9-17/h3-15H,1-2H3,(H,25,29)/b23-12-. The second-order valence-electron chi connectivity index (χ2n) is 6.99. The molecule has 2 aromatic carbocycles. The number of hydrogen-bond acceptors (Lipinski definition) is 5. The third-order valence-electron chi connectivity index (χ3n) is 4.54. The molecule has 0 aliphatic carbocycles. The van der Waals surface area contributed by atoms with Crippen molar-refractivity contribution in [3.8, 4) is 5.69 Å². The summed E-state index contributed by atoms with van der Waals surface area (Å²) in [5, 5.41) is 13.5. The van der Waals surface area contributed by atoms with Crippen LogP contribution in [0.2, 0.25) is 0 Å². The number of fused-ring (bicyclic) bond motifs is 1. The zero-order valence-electron chi connectivity index (χ0n) is 16.6. The highest BCUT2D eigenvalue weighted by atomic mass is 16.2. The van der Waals surface area contributed by atoms with E-state index in [1.54, 1.807) is 41.3 Å². The van der Waals surface area contributed by atoms with Crippen molar-refractivity contribution in [1.29, 1.82) is 0 Å². The highest BCUT2D eigenvalue weighted by molar-refractivity contribution is 6.04. The first-order chi connectivity index (χ1) is 14.5. The molecule has 0 saturated carbocycles. The minimum atomic E-state index is -0.493. The van der Waals surface area contributed by atoms with Gasteiger partial charge in [-0.2, -0.15) is 15.3 Å². The van der Waals surface area contributed by atoms with Crippen molar-refractivity contribution in [2.24, 2.45) is 5.10 Å². The lowest BCUT2D eigenvalue weighted by Crippen LogP contribution is -2.30. The van der Waals surface area contributed by atoms with E-state index < -0.39 is 5.91 Å². The number of carbonyl (C=O) groups excluding carboxylic acids is 1. The normalized spacial score (nSPS) is 11.4. The number of nitrogens with one attached hydrogen (secondary N) is 1. The maximum absolute atomic E-state index is 12.7. The van der Waals surface area contributed by atoms with Gasteiger partial charge in [-0.3, -0.25) is 9.59 Å². The minimum Gasteiger partial charge on any atom is -0.267 e. The first-order valence-electron chi connectivity index (χ1n) is 9.49. The molecule has 1 amide bonds. The molecule has 4 rings (SSSR count). The number of carbonyl (C=O) groups is 1. The quantitative estimate of drug-likeness (QED) is 0.412. The molecule has 0 atom stereocenters. The van der Waals surface area contributed by atoms with E-state index >= 15 is 0 Å². The summed E-state index contributed by atoms with van der Waals surface area (Å²) in [4.78, 5) is 25.3. The fourth-order valence-electron chi connectivity index (χ4n) is 3.07. The van der Waals surface area contributed by atoms with Crippen LogP contribution in [0.4, 0.5) is 0 Å². The van der Waals surface area contributed by atoms with Gasteiger partial charge in [0, 0.05) is 17.1 Å². The highest BCUT2D eigenvalue weighted by Crippen LogP contribution is 2.14. The Labute approximate surface area is 172 Å². The van der Waals surface area contributed by atoms with Gasteiger partial charge in [-0.05, 0) is 32.0 Å². The van der Waals surface area contributed by atoms with Gasteiger partial charge in [0.15, 0.2) is 5.69 Å². The summed E-state index contributed by atoms with van der Waals surface area (Å²) >= 11 is 0. The molecule has 2 aromatic heterocycles. The van der Waals surface area contributed by atoms with E-state index in [-0.39, 0.29) is 17.3 Å². The molecular weight excluding hydrogens is 380 g/mol. The SMILES string of the molecule is CC(C)n1nc(C(=O)N/N=C\c2cnn(-c3ccccc3)c2)c2ccccc2c1=O. The highest BCUT2D eigenvalue weighted by Gasteiger charge is 2.17. The number of para-hydroxylation sites is 1. The summed E-state index contributed by atoms with van der Waals surface area (Å²) in [6, 6.07) is 16.4. The number of nitrogens with zero attached hydrogens (tertiary/aromatic N) is 5. The zero-order chi connectivity index (χ0) is 21.1. The summed E-state index contributed by atoms with van der Waals surface area (Å²) < 4.78 is 3.03. The first-order valence-corrected chi connectivity index (χ1v) is 9.49. The Balaban J connectivity index is 1.58. The van der Waals surface area contributed by atoms with Crippen LogP contribution in [0.15, 0.2) is 76.9 Å². The predicted octanol–water partition coefficient (Wildman–Crippen LogP) is 2.93. The lowest BCUT2D eigenvalue weighted by Gasteiger charge is -2.12. The van der Waals surface area contributed by atoms with Gasteiger partial charge in [-0.15, -0.1) is 0 Å². The molecule has 8 heteroatoms. The van der Waals surface area contributed by atoms with Crippen LogP contribution in [0.3, 0.4) is 0 Å². The molecule has 4 aromatic rings. The lowest BCUT2D eigenvalue weighted by molar-refractivity contribution is 0.0949. The van der Waals surface area contributed by atoms with Gasteiger partial charge < -0.3 is 0 Å². The maximum atomic E-state index is 12.7. The molecule has 2 heterocycles. The number of amides is 1. The van der Waals surface area contributed by atoms with Crippen molar-refractivity contribution < 1.29 is 4.79 Å². The van der Waals surface area contributed by atoms with Crippen molar-refractivity contribution in [2.75, 3.05) is 0 Å². The summed E-state index contributed by atoms with van der Waals surface area (Å²) in [5.74, 6) is -0.493. The smallest absolute Gasteiger partial charge is 0.267 e. The van der Waals surface area contributed by atoms with Gasteiger partial charge in [-0.25, -0.2) is 14.8 Å². The fourth-order valence-corrected chi connectivity index (χ4v) is 3.07. The van der Waals surface area contributed by atoms with E-state index in [2.05, 4.69) is 20.7 Å². The van der Waals surface area contributed by atoms with Gasteiger partial charge in [0.25, 0.3) is 11.5 Å². The lowest BCUT2D eigenvalue weighted by atomic mass is 10.1. The molecular formula is C22H20N6O2. The van der Waals surface area contributed by atoms with Crippen LogP contribution in [0.5, 0.6) is 0 Å². The first kappa shape index (κ1) is 19.3. The van der Waals surface area contributed by atoms with Crippen molar-refractivity contribution in [1.82, 2.24) is 25.0 Å². The third kappa shape index (κ3) is 3.75. The Morgan fingerprint density at radius 2 is 1.77 bits per heavy atom. The van der Waals surface area contributed by atoms with Gasteiger partial charge in [0.2, 0.25) is 0 Å². The number of hydrazone groups is 1. The molecule has 0 saturated heterocycles. The number of rotatable bonds is 5. The Morgan fingerprint density at radius 3 is 2.50 bits per heavy atom. The molecule has 0 fully saturated rings. The van der Waals surface area contributed by atoms with Crippen molar-refractivity contribution in [3.63, 3.8) is 0 Å². The molecule has 0 aliphatic heterocycles. The summed E-state index contributed by atoms with van der Waals surface area (Å²) in [5.41, 5.74) is 4.06. The minimum absolute atomic E-state index is 0.149. The van der Waals surface area contributed by atoms with Crippen LogP contribution in [0.25, 0.3) is 16.5 Å². The average molecular weight is 400 g/mol. The molecule has 30 heavy (non-hydrogen) atoms. The van der Waals surface area contributed by atoms with Gasteiger partial charge in [-0.1, -0.05) is 36.4 Å². The van der Waals surface area contributed by atoms with Crippen molar-refractivity contribution in [2.45, 2.75) is 19.9 Å². The van der Waals surface area contributed by atoms with Gasteiger partial charge >= 0.3 is 0 Å². The van der Waals surface area contributed by atoms with Crippen LogP contribution >= 0.6 is 0 Å². The Morgan fingerprint density at radius 1 is 1.07 bits per heavy atom. The number of benzene rings is 2. The Kier molecular flexibility index (Phi) is 5.21. The van der Waals surface area contributed by atoms with Crippen LogP contribution < -0.4 is 11.0 Å². The Hall–Kier alpha value is -4.07. The van der Waals surface area contributed by atoms with E-state index in [4.69, 9.17) is 0 Å². The number of hydrogen-bond donors (Lipinski definition) is 1. The predicted molar refractivity (Wildman–Crippen MR) is 115 cm³/mol. The van der Waals surface area contributed by atoms with E-state index in [1.165, 1.54) is 10.9 Å². The van der Waals surface area contributed by atoms with E-state index in [9.17, 15) is 9.59 Å². The summed E-state index contributed by atoms with van der Waals surface area (Å²) in [7, 11) is 0. The van der Waals surface area contributed by atoms with Crippen LogP contribution in [-0.4, -0.2) is 31.7 Å². The number of aromatic nitrogens is 4. The Bertz CT molecular complexity index is 1290.